The third kappa shape index (κ3) is 6.80. The van der Waals surface area contributed by atoms with Crippen molar-refractivity contribution in [3.05, 3.63) is 33.8 Å². The molecule has 27 heavy (non-hydrogen) atoms. The average molecular weight is 420 g/mol. The van der Waals surface area contributed by atoms with E-state index in [0.717, 1.165) is 5.56 Å². The number of carbonyl (C=O) groups is 1. The Labute approximate surface area is 170 Å². The molecule has 0 radical (unpaired) electrons. The summed E-state index contributed by atoms with van der Waals surface area (Å²) in [6.45, 7) is 7.16. The minimum atomic E-state index is -0.576. The molecule has 1 aromatic carbocycles. The van der Waals surface area contributed by atoms with Crippen molar-refractivity contribution in [2.75, 3.05) is 39.5 Å². The highest BCUT2D eigenvalue weighted by Crippen LogP contribution is 2.31. The highest BCUT2D eigenvalue weighted by atomic mass is 35.5. The number of nitrogens with zero attached hydrogens (tertiary/aromatic N) is 1. The molecule has 0 spiro atoms. The van der Waals surface area contributed by atoms with Crippen LogP contribution in [0, 0.1) is 0 Å². The quantitative estimate of drug-likeness (QED) is 0.736. The maximum absolute atomic E-state index is 12.6. The van der Waals surface area contributed by atoms with Crippen LogP contribution in [0.2, 0.25) is 10.0 Å². The third-order valence-corrected chi connectivity index (χ3v) is 4.84. The lowest BCUT2D eigenvalue weighted by Gasteiger charge is -2.30. The van der Waals surface area contributed by atoms with E-state index in [1.807, 2.05) is 26.8 Å². The van der Waals surface area contributed by atoms with E-state index in [1.54, 1.807) is 17.0 Å². The summed E-state index contributed by atoms with van der Waals surface area (Å²) in [4.78, 5) is 14.2. The number of hydrogen-bond donors (Lipinski definition) is 1. The Hall–Kier alpha value is -1.05. The van der Waals surface area contributed by atoms with Gasteiger partial charge in [-0.15, -0.1) is 0 Å². The number of hydrogen-bond acceptors (Lipinski definition) is 5. The molecule has 1 heterocycles. The van der Waals surface area contributed by atoms with E-state index in [-0.39, 0.29) is 31.3 Å². The number of ether oxygens (including phenoxy) is 3. The van der Waals surface area contributed by atoms with Crippen molar-refractivity contribution in [3.8, 4) is 0 Å². The minimum Gasteiger partial charge on any atom is -0.444 e. The van der Waals surface area contributed by atoms with Crippen LogP contribution in [-0.2, 0) is 14.2 Å². The van der Waals surface area contributed by atoms with Crippen LogP contribution < -0.4 is 0 Å². The van der Waals surface area contributed by atoms with Crippen molar-refractivity contribution in [1.82, 2.24) is 4.90 Å². The van der Waals surface area contributed by atoms with Gasteiger partial charge in [0.25, 0.3) is 0 Å². The molecule has 8 heteroatoms. The number of amides is 1. The lowest BCUT2D eigenvalue weighted by atomic mass is 9.93. The van der Waals surface area contributed by atoms with Crippen LogP contribution in [-0.4, -0.2) is 67.3 Å². The van der Waals surface area contributed by atoms with Gasteiger partial charge in [0.1, 0.15) is 5.60 Å². The van der Waals surface area contributed by atoms with Gasteiger partial charge in [0.2, 0.25) is 0 Å². The monoisotopic (exact) mass is 419 g/mol. The Kier molecular flexibility index (Phi) is 8.19. The maximum atomic E-state index is 12.6. The fourth-order valence-corrected chi connectivity index (χ4v) is 3.17. The Morgan fingerprint density at radius 2 is 2.07 bits per heavy atom. The number of aliphatic hydroxyl groups is 1. The van der Waals surface area contributed by atoms with Crippen LogP contribution >= 0.6 is 23.2 Å². The smallest absolute Gasteiger partial charge is 0.410 e. The molecule has 1 N–H and O–H groups in total. The maximum Gasteiger partial charge on any atom is 0.410 e. The Morgan fingerprint density at radius 1 is 1.33 bits per heavy atom. The Balaban J connectivity index is 2.23. The molecule has 1 fully saturated rings. The zero-order valence-corrected chi connectivity index (χ0v) is 17.4. The number of halogens is 2. The summed E-state index contributed by atoms with van der Waals surface area (Å²) in [5, 5.41) is 9.86. The largest absolute Gasteiger partial charge is 0.444 e. The minimum absolute atomic E-state index is 0.0613. The molecule has 2 rings (SSSR count). The molecule has 0 unspecified atom stereocenters. The van der Waals surface area contributed by atoms with Gasteiger partial charge >= 0.3 is 6.09 Å². The highest BCUT2D eigenvalue weighted by Gasteiger charge is 2.33. The lowest BCUT2D eigenvalue weighted by molar-refractivity contribution is -0.0264. The van der Waals surface area contributed by atoms with Gasteiger partial charge in [-0.2, -0.15) is 0 Å². The number of carbonyl (C=O) groups excluding carboxylic acids is 1. The van der Waals surface area contributed by atoms with Crippen LogP contribution in [0.3, 0.4) is 0 Å². The Morgan fingerprint density at radius 3 is 2.70 bits per heavy atom. The fourth-order valence-electron chi connectivity index (χ4n) is 2.86. The predicted molar refractivity (Wildman–Crippen MR) is 105 cm³/mol. The molecule has 1 aromatic rings. The predicted octanol–water partition coefficient (Wildman–Crippen LogP) is 3.72. The van der Waals surface area contributed by atoms with Crippen molar-refractivity contribution in [2.24, 2.45) is 0 Å². The van der Waals surface area contributed by atoms with Gasteiger partial charge in [0.15, 0.2) is 0 Å². The van der Waals surface area contributed by atoms with Gasteiger partial charge < -0.3 is 24.2 Å². The molecule has 0 aliphatic carbocycles. The SMILES string of the molecule is CC(C)(C)OC(=O)N1CCO[C@@H](COCCO)[C@H](c2ccc(Cl)c(Cl)c2)C1. The van der Waals surface area contributed by atoms with E-state index >= 15 is 0 Å². The first kappa shape index (κ1) is 22.2. The molecule has 0 aromatic heterocycles. The van der Waals surface area contributed by atoms with E-state index in [9.17, 15) is 4.79 Å². The van der Waals surface area contributed by atoms with E-state index in [4.69, 9.17) is 42.5 Å². The van der Waals surface area contributed by atoms with Crippen LogP contribution in [0.5, 0.6) is 0 Å². The summed E-state index contributed by atoms with van der Waals surface area (Å²) in [5.41, 5.74) is 0.324. The normalized spacial score (nSPS) is 21.0. The first-order chi connectivity index (χ1) is 12.7. The molecule has 0 saturated carbocycles. The molecule has 2 atom stereocenters. The van der Waals surface area contributed by atoms with E-state index in [1.165, 1.54) is 0 Å². The second-order valence-corrected chi connectivity index (χ2v) is 8.23. The van der Waals surface area contributed by atoms with Crippen molar-refractivity contribution in [2.45, 2.75) is 38.4 Å². The summed E-state index contributed by atoms with van der Waals surface area (Å²) in [7, 11) is 0. The molecular formula is C19H27Cl2NO5. The molecule has 152 valence electrons. The summed E-state index contributed by atoms with van der Waals surface area (Å²) >= 11 is 12.2. The average Bonchev–Trinajstić information content (AvgIpc) is 2.79. The third-order valence-electron chi connectivity index (χ3n) is 4.10. The highest BCUT2D eigenvalue weighted by molar-refractivity contribution is 6.42. The number of benzene rings is 1. The number of rotatable bonds is 5. The topological polar surface area (TPSA) is 68.2 Å². The lowest BCUT2D eigenvalue weighted by Crippen LogP contribution is -2.40. The molecule has 1 aliphatic heterocycles. The summed E-state index contributed by atoms with van der Waals surface area (Å²) < 4.78 is 17.0. The van der Waals surface area contributed by atoms with Crippen LogP contribution in [0.15, 0.2) is 18.2 Å². The fraction of sp³-hybridized carbons (Fsp3) is 0.632. The second kappa shape index (κ2) is 9.94. The van der Waals surface area contributed by atoms with Gasteiger partial charge in [0, 0.05) is 19.0 Å². The molecule has 1 amide bonds. The first-order valence-electron chi connectivity index (χ1n) is 8.94. The molecular weight excluding hydrogens is 393 g/mol. The van der Waals surface area contributed by atoms with Crippen LogP contribution in [0.1, 0.15) is 32.3 Å². The van der Waals surface area contributed by atoms with Gasteiger partial charge in [-0.1, -0.05) is 29.3 Å². The van der Waals surface area contributed by atoms with Gasteiger partial charge in [-0.25, -0.2) is 4.79 Å². The molecule has 1 saturated heterocycles. The molecule has 6 nitrogen and oxygen atoms in total. The Bertz CT molecular complexity index is 635. The van der Waals surface area contributed by atoms with Crippen molar-refractivity contribution >= 4 is 29.3 Å². The zero-order chi connectivity index (χ0) is 20.0. The van der Waals surface area contributed by atoms with E-state index in [0.29, 0.717) is 36.3 Å². The van der Waals surface area contributed by atoms with E-state index in [2.05, 4.69) is 0 Å². The van der Waals surface area contributed by atoms with E-state index < -0.39 is 5.60 Å². The van der Waals surface area contributed by atoms with Crippen molar-refractivity contribution in [3.63, 3.8) is 0 Å². The van der Waals surface area contributed by atoms with Gasteiger partial charge in [-0.3, -0.25) is 0 Å². The van der Waals surface area contributed by atoms with Gasteiger partial charge in [-0.05, 0) is 38.5 Å². The zero-order valence-electron chi connectivity index (χ0n) is 15.9. The van der Waals surface area contributed by atoms with Crippen molar-refractivity contribution < 1.29 is 24.1 Å². The van der Waals surface area contributed by atoms with Gasteiger partial charge in [0.05, 0.1) is 42.6 Å². The summed E-state index contributed by atoms with van der Waals surface area (Å²) in [6.07, 6.45) is -0.672. The summed E-state index contributed by atoms with van der Waals surface area (Å²) in [5.74, 6) is -0.173. The summed E-state index contributed by atoms with van der Waals surface area (Å²) in [6, 6.07) is 5.39. The van der Waals surface area contributed by atoms with Crippen LogP contribution in [0.25, 0.3) is 0 Å². The standard InChI is InChI=1S/C19H27Cl2NO5/c1-19(2,3)27-18(24)22-6-8-26-17(12-25-9-7-23)14(11-22)13-4-5-15(20)16(21)10-13/h4-5,10,14,17,23H,6-9,11-12H2,1-3H3/t14-,17-/m0/s1. The van der Waals surface area contributed by atoms with Crippen molar-refractivity contribution in [1.29, 1.82) is 0 Å². The molecule has 1 aliphatic rings. The molecule has 0 bridgehead atoms. The number of aliphatic hydroxyl groups excluding tert-OH is 1. The first-order valence-corrected chi connectivity index (χ1v) is 9.70. The van der Waals surface area contributed by atoms with Crippen LogP contribution in [0.4, 0.5) is 4.79 Å². The second-order valence-electron chi connectivity index (χ2n) is 7.41.